The van der Waals surface area contributed by atoms with E-state index in [0.29, 0.717) is 6.04 Å². The molecule has 2 rings (SSSR count). The van der Waals surface area contributed by atoms with E-state index in [9.17, 15) is 0 Å². The zero-order chi connectivity index (χ0) is 12.3. The number of halogens is 2. The summed E-state index contributed by atoms with van der Waals surface area (Å²) in [5, 5.41) is 0. The normalized spacial score (nSPS) is 15.2. The van der Waals surface area contributed by atoms with Crippen LogP contribution in [0.15, 0.2) is 18.2 Å². The molecule has 1 aliphatic heterocycles. The average molecular weight is 309 g/mol. The maximum Gasteiger partial charge on any atom is 0.124 e. The topological polar surface area (TPSA) is 47.7 Å². The van der Waals surface area contributed by atoms with E-state index in [4.69, 9.17) is 15.2 Å². The maximum atomic E-state index is 5.91. The van der Waals surface area contributed by atoms with Crippen molar-refractivity contribution < 1.29 is 9.47 Å². The largest absolute Gasteiger partial charge is 0.497 e. The Kier molecular flexibility index (Phi) is 7.99. The van der Waals surface area contributed by atoms with Crippen molar-refractivity contribution in [1.29, 1.82) is 0 Å². The molecule has 0 amide bonds. The lowest BCUT2D eigenvalue weighted by molar-refractivity contribution is 0.394. The summed E-state index contributed by atoms with van der Waals surface area (Å²) in [4.78, 5) is 2.33. The van der Waals surface area contributed by atoms with Crippen molar-refractivity contribution in [1.82, 2.24) is 0 Å². The third-order valence-electron chi connectivity index (χ3n) is 3.24. The minimum absolute atomic E-state index is 0. The molecular weight excluding hydrogens is 287 g/mol. The van der Waals surface area contributed by atoms with Gasteiger partial charge in [0.1, 0.15) is 11.5 Å². The highest BCUT2D eigenvalue weighted by molar-refractivity contribution is 5.85. The Labute approximate surface area is 127 Å². The lowest BCUT2D eigenvalue weighted by atomic mass is 10.1. The number of hydrogen-bond acceptors (Lipinski definition) is 4. The van der Waals surface area contributed by atoms with Crippen LogP contribution in [0.5, 0.6) is 11.5 Å². The second-order valence-corrected chi connectivity index (χ2v) is 4.40. The summed E-state index contributed by atoms with van der Waals surface area (Å²) >= 11 is 0. The molecule has 110 valence electrons. The van der Waals surface area contributed by atoms with Gasteiger partial charge in [0, 0.05) is 43.0 Å². The number of benzene rings is 1. The molecule has 1 fully saturated rings. The second-order valence-electron chi connectivity index (χ2n) is 4.40. The molecule has 19 heavy (non-hydrogen) atoms. The standard InChI is InChI=1S/C13H20N2O2.2ClH/c1-16-12-7-11(8-13(9-12)17-2)15-5-3-10(14)4-6-15;;/h7-10H,3-6,14H2,1-2H3;2*1H. The summed E-state index contributed by atoms with van der Waals surface area (Å²) in [5.41, 5.74) is 7.06. The summed E-state index contributed by atoms with van der Waals surface area (Å²) in [6.45, 7) is 2.00. The van der Waals surface area contributed by atoms with Gasteiger partial charge >= 0.3 is 0 Å². The molecule has 1 aromatic carbocycles. The molecule has 0 aliphatic carbocycles. The number of methoxy groups -OCH3 is 2. The van der Waals surface area contributed by atoms with Crippen LogP contribution in [0.1, 0.15) is 12.8 Å². The molecule has 0 radical (unpaired) electrons. The van der Waals surface area contributed by atoms with Gasteiger partial charge in [-0.05, 0) is 12.8 Å². The minimum atomic E-state index is 0. The van der Waals surface area contributed by atoms with E-state index in [1.807, 2.05) is 18.2 Å². The first kappa shape index (κ1) is 18.2. The third kappa shape index (κ3) is 4.64. The van der Waals surface area contributed by atoms with Crippen molar-refractivity contribution >= 4 is 30.5 Å². The quantitative estimate of drug-likeness (QED) is 0.932. The highest BCUT2D eigenvalue weighted by Crippen LogP contribution is 2.29. The first-order valence-electron chi connectivity index (χ1n) is 5.96. The summed E-state index contributed by atoms with van der Waals surface area (Å²) in [5.74, 6) is 1.66. The molecule has 1 saturated heterocycles. The Morgan fingerprint density at radius 3 is 1.89 bits per heavy atom. The Bertz CT molecular complexity index is 361. The molecule has 0 atom stereocenters. The van der Waals surface area contributed by atoms with Gasteiger partial charge in [0.2, 0.25) is 0 Å². The lowest BCUT2D eigenvalue weighted by Crippen LogP contribution is -2.39. The van der Waals surface area contributed by atoms with Gasteiger partial charge in [0.25, 0.3) is 0 Å². The van der Waals surface area contributed by atoms with Crippen LogP contribution in [0, 0.1) is 0 Å². The van der Waals surface area contributed by atoms with Crippen molar-refractivity contribution in [2.24, 2.45) is 5.73 Å². The van der Waals surface area contributed by atoms with Crippen molar-refractivity contribution in [3.05, 3.63) is 18.2 Å². The van der Waals surface area contributed by atoms with Crippen molar-refractivity contribution in [3.63, 3.8) is 0 Å². The molecule has 0 bridgehead atoms. The Morgan fingerprint density at radius 2 is 1.47 bits per heavy atom. The van der Waals surface area contributed by atoms with Crippen LogP contribution in [-0.4, -0.2) is 33.4 Å². The van der Waals surface area contributed by atoms with Crippen molar-refractivity contribution in [2.75, 3.05) is 32.2 Å². The SMILES string of the molecule is COc1cc(OC)cc(N2CCC(N)CC2)c1.Cl.Cl. The third-order valence-corrected chi connectivity index (χ3v) is 3.24. The molecule has 1 aromatic rings. The molecule has 1 heterocycles. The molecule has 2 N–H and O–H groups in total. The van der Waals surface area contributed by atoms with Crippen LogP contribution in [0.3, 0.4) is 0 Å². The van der Waals surface area contributed by atoms with Gasteiger partial charge in [-0.2, -0.15) is 0 Å². The fourth-order valence-corrected chi connectivity index (χ4v) is 2.13. The van der Waals surface area contributed by atoms with Gasteiger partial charge in [-0.1, -0.05) is 0 Å². The zero-order valence-corrected chi connectivity index (χ0v) is 12.9. The molecule has 0 unspecified atom stereocenters. The number of piperidine rings is 1. The predicted molar refractivity (Wildman–Crippen MR) is 83.5 cm³/mol. The summed E-state index contributed by atoms with van der Waals surface area (Å²) < 4.78 is 10.6. The summed E-state index contributed by atoms with van der Waals surface area (Å²) in [7, 11) is 3.34. The molecule has 0 saturated carbocycles. The Hall–Kier alpha value is -0.840. The highest BCUT2D eigenvalue weighted by Gasteiger charge is 2.17. The van der Waals surface area contributed by atoms with Crippen LogP contribution in [0.25, 0.3) is 0 Å². The first-order valence-corrected chi connectivity index (χ1v) is 5.96. The summed E-state index contributed by atoms with van der Waals surface area (Å²) in [6, 6.07) is 6.32. The van der Waals surface area contributed by atoms with E-state index in [2.05, 4.69) is 4.90 Å². The van der Waals surface area contributed by atoms with Crippen LogP contribution in [0.2, 0.25) is 0 Å². The van der Waals surface area contributed by atoms with Gasteiger partial charge in [-0.25, -0.2) is 0 Å². The number of nitrogens with two attached hydrogens (primary N) is 1. The van der Waals surface area contributed by atoms with E-state index in [1.165, 1.54) is 0 Å². The number of nitrogens with zero attached hydrogens (tertiary/aromatic N) is 1. The number of anilines is 1. The van der Waals surface area contributed by atoms with E-state index >= 15 is 0 Å². The zero-order valence-electron chi connectivity index (χ0n) is 11.3. The first-order chi connectivity index (χ1) is 8.22. The predicted octanol–water partition coefficient (Wildman–Crippen LogP) is 2.47. The molecule has 0 aromatic heterocycles. The minimum Gasteiger partial charge on any atom is -0.497 e. The highest BCUT2D eigenvalue weighted by atomic mass is 35.5. The van der Waals surface area contributed by atoms with Crippen molar-refractivity contribution in [3.8, 4) is 11.5 Å². The average Bonchev–Trinajstić information content (AvgIpc) is 2.39. The van der Waals surface area contributed by atoms with Gasteiger partial charge in [0.15, 0.2) is 0 Å². The van der Waals surface area contributed by atoms with E-state index in [0.717, 1.165) is 43.1 Å². The molecular formula is C13H22Cl2N2O2. The van der Waals surface area contributed by atoms with E-state index in [1.54, 1.807) is 14.2 Å². The number of ether oxygens (including phenoxy) is 2. The van der Waals surface area contributed by atoms with Crippen LogP contribution < -0.4 is 20.1 Å². The Morgan fingerprint density at radius 1 is 1.00 bits per heavy atom. The fourth-order valence-electron chi connectivity index (χ4n) is 2.13. The maximum absolute atomic E-state index is 5.91. The molecule has 1 aliphatic rings. The smallest absolute Gasteiger partial charge is 0.124 e. The second kappa shape index (κ2) is 8.35. The van der Waals surface area contributed by atoms with Gasteiger partial charge in [-0.3, -0.25) is 0 Å². The summed E-state index contributed by atoms with van der Waals surface area (Å²) in [6.07, 6.45) is 2.08. The lowest BCUT2D eigenvalue weighted by Gasteiger charge is -2.32. The van der Waals surface area contributed by atoms with Gasteiger partial charge in [0.05, 0.1) is 14.2 Å². The monoisotopic (exact) mass is 308 g/mol. The molecule has 6 heteroatoms. The van der Waals surface area contributed by atoms with E-state index in [-0.39, 0.29) is 24.8 Å². The number of rotatable bonds is 3. The van der Waals surface area contributed by atoms with Gasteiger partial charge < -0.3 is 20.1 Å². The van der Waals surface area contributed by atoms with Crippen molar-refractivity contribution in [2.45, 2.75) is 18.9 Å². The fraction of sp³-hybridized carbons (Fsp3) is 0.538. The number of hydrogen-bond donors (Lipinski definition) is 1. The molecule has 4 nitrogen and oxygen atoms in total. The van der Waals surface area contributed by atoms with Crippen LogP contribution in [-0.2, 0) is 0 Å². The Balaban J connectivity index is 0.00000162. The van der Waals surface area contributed by atoms with Crippen LogP contribution in [0.4, 0.5) is 5.69 Å². The van der Waals surface area contributed by atoms with Gasteiger partial charge in [-0.15, -0.1) is 24.8 Å². The van der Waals surface area contributed by atoms with Crippen LogP contribution >= 0.6 is 24.8 Å². The molecule has 0 spiro atoms. The van der Waals surface area contributed by atoms with E-state index < -0.39 is 0 Å².